The molecule has 2 N–H and O–H groups in total. The van der Waals surface area contributed by atoms with Gasteiger partial charge in [-0.25, -0.2) is 4.68 Å². The molecule has 6 rings (SSSR count). The van der Waals surface area contributed by atoms with Crippen molar-refractivity contribution in [3.8, 4) is 22.9 Å². The number of hydrogen-bond acceptors (Lipinski definition) is 7. The molecular weight excluding hydrogens is 528 g/mol. The van der Waals surface area contributed by atoms with Crippen LogP contribution in [0.5, 0.6) is 11.5 Å². The summed E-state index contributed by atoms with van der Waals surface area (Å²) in [5, 5.41) is 11.2. The highest BCUT2D eigenvalue weighted by Gasteiger charge is 2.35. The number of nitrogens with one attached hydrogen (secondary N) is 2. The number of nitrogens with zero attached hydrogens (tertiary/aromatic N) is 4. The Hall–Kier alpha value is -5.44. The van der Waals surface area contributed by atoms with E-state index in [0.29, 0.717) is 53.4 Å². The van der Waals surface area contributed by atoms with Crippen molar-refractivity contribution >= 4 is 17.5 Å². The number of rotatable bonds is 9. The minimum Gasteiger partial charge on any atom is -0.490 e. The number of ether oxygens (including phenoxy) is 2. The van der Waals surface area contributed by atoms with Crippen LogP contribution in [0.1, 0.15) is 31.0 Å². The summed E-state index contributed by atoms with van der Waals surface area (Å²) in [6, 6.07) is 28.2. The SMILES string of the molecule is CCOc1cc(C2C(C(=O)Nc3ccccc3)=C(C)Nc3nc(-c4cccnc4)nn32)ccc1OCc1ccccc1. The lowest BCUT2D eigenvalue weighted by molar-refractivity contribution is -0.113. The van der Waals surface area contributed by atoms with Gasteiger partial charge < -0.3 is 20.1 Å². The van der Waals surface area contributed by atoms with E-state index in [-0.39, 0.29) is 5.91 Å². The zero-order valence-electron chi connectivity index (χ0n) is 23.3. The highest BCUT2D eigenvalue weighted by molar-refractivity contribution is 6.06. The third-order valence-corrected chi connectivity index (χ3v) is 6.87. The Labute approximate surface area is 243 Å². The first-order chi connectivity index (χ1) is 20.6. The fourth-order valence-electron chi connectivity index (χ4n) is 4.91. The van der Waals surface area contributed by atoms with Gasteiger partial charge in [-0.1, -0.05) is 54.6 Å². The molecule has 0 fully saturated rings. The van der Waals surface area contributed by atoms with Gasteiger partial charge >= 0.3 is 0 Å². The quantitative estimate of drug-likeness (QED) is 0.221. The molecule has 0 bridgehead atoms. The summed E-state index contributed by atoms with van der Waals surface area (Å²) in [6.45, 7) is 4.65. The molecular formula is C33H30N6O3. The smallest absolute Gasteiger partial charge is 0.255 e. The van der Waals surface area contributed by atoms with Crippen molar-refractivity contribution in [2.45, 2.75) is 26.5 Å². The molecule has 0 saturated carbocycles. The van der Waals surface area contributed by atoms with Crippen molar-refractivity contribution in [2.24, 2.45) is 0 Å². The van der Waals surface area contributed by atoms with Crippen LogP contribution in [0.25, 0.3) is 11.4 Å². The molecule has 1 aliphatic rings. The molecule has 9 nitrogen and oxygen atoms in total. The Morgan fingerprint density at radius 2 is 1.74 bits per heavy atom. The fourth-order valence-corrected chi connectivity index (χ4v) is 4.91. The molecule has 1 unspecified atom stereocenters. The van der Waals surface area contributed by atoms with Crippen LogP contribution in [-0.4, -0.2) is 32.3 Å². The third-order valence-electron chi connectivity index (χ3n) is 6.87. The second-order valence-corrected chi connectivity index (χ2v) is 9.75. The van der Waals surface area contributed by atoms with Gasteiger partial charge in [0.1, 0.15) is 12.6 Å². The van der Waals surface area contributed by atoms with Gasteiger partial charge in [0, 0.05) is 29.3 Å². The maximum absolute atomic E-state index is 13.8. The average molecular weight is 559 g/mol. The van der Waals surface area contributed by atoms with E-state index in [2.05, 4.69) is 15.6 Å². The number of fused-ring (bicyclic) bond motifs is 1. The summed E-state index contributed by atoms with van der Waals surface area (Å²) < 4.78 is 13.9. The molecule has 5 aromatic rings. The Kier molecular flexibility index (Phi) is 7.63. The molecule has 2 aromatic heterocycles. The van der Waals surface area contributed by atoms with Gasteiger partial charge in [-0.3, -0.25) is 9.78 Å². The van der Waals surface area contributed by atoms with E-state index in [1.807, 2.05) is 105 Å². The van der Waals surface area contributed by atoms with Crippen LogP contribution < -0.4 is 20.1 Å². The first-order valence-corrected chi connectivity index (χ1v) is 13.8. The average Bonchev–Trinajstić information content (AvgIpc) is 3.45. The summed E-state index contributed by atoms with van der Waals surface area (Å²) in [5.74, 6) is 1.97. The summed E-state index contributed by atoms with van der Waals surface area (Å²) in [6.07, 6.45) is 3.42. The van der Waals surface area contributed by atoms with Gasteiger partial charge in [0.15, 0.2) is 17.3 Å². The normalized spacial score (nSPS) is 14.1. The van der Waals surface area contributed by atoms with E-state index in [9.17, 15) is 4.79 Å². The molecule has 9 heteroatoms. The number of para-hydroxylation sites is 1. The Morgan fingerprint density at radius 3 is 2.48 bits per heavy atom. The number of allylic oxidation sites excluding steroid dienone is 1. The zero-order chi connectivity index (χ0) is 28.9. The summed E-state index contributed by atoms with van der Waals surface area (Å²) in [5.41, 5.74) is 4.50. The Balaban J connectivity index is 1.41. The van der Waals surface area contributed by atoms with Gasteiger partial charge in [-0.2, -0.15) is 4.98 Å². The van der Waals surface area contributed by atoms with E-state index >= 15 is 0 Å². The molecule has 0 spiro atoms. The van der Waals surface area contributed by atoms with Crippen LogP contribution >= 0.6 is 0 Å². The maximum Gasteiger partial charge on any atom is 0.255 e. The molecule has 210 valence electrons. The topological polar surface area (TPSA) is 103 Å². The maximum atomic E-state index is 13.8. The molecule has 0 saturated heterocycles. The number of benzene rings is 3. The Bertz CT molecular complexity index is 1720. The van der Waals surface area contributed by atoms with E-state index in [1.165, 1.54) is 0 Å². The van der Waals surface area contributed by atoms with E-state index in [1.54, 1.807) is 17.1 Å². The lowest BCUT2D eigenvalue weighted by Crippen LogP contribution is -2.31. The highest BCUT2D eigenvalue weighted by Crippen LogP contribution is 2.40. The van der Waals surface area contributed by atoms with Crippen LogP contribution in [0.4, 0.5) is 11.6 Å². The van der Waals surface area contributed by atoms with E-state index < -0.39 is 6.04 Å². The van der Waals surface area contributed by atoms with E-state index in [0.717, 1.165) is 16.7 Å². The van der Waals surface area contributed by atoms with Crippen molar-refractivity contribution < 1.29 is 14.3 Å². The van der Waals surface area contributed by atoms with Crippen molar-refractivity contribution in [2.75, 3.05) is 17.2 Å². The number of carbonyl (C=O) groups is 1. The van der Waals surface area contributed by atoms with E-state index in [4.69, 9.17) is 19.6 Å². The predicted octanol–water partition coefficient (Wildman–Crippen LogP) is 6.25. The van der Waals surface area contributed by atoms with Gasteiger partial charge in [-0.05, 0) is 61.4 Å². The van der Waals surface area contributed by atoms with Crippen LogP contribution in [0, 0.1) is 0 Å². The molecule has 1 amide bonds. The minimum atomic E-state index is -0.592. The Morgan fingerprint density at radius 1 is 0.952 bits per heavy atom. The molecule has 3 aromatic carbocycles. The standard InChI is InChI=1S/C33H30N6O3/c1-3-41-28-19-24(16-17-27(28)42-21-23-11-6-4-7-12-23)30-29(32(40)36-26-14-8-5-9-15-26)22(2)35-33-37-31(38-39(30)33)25-13-10-18-34-20-25/h4-20,30H,3,21H2,1-2H3,(H,36,40)(H,35,37,38). The van der Waals surface area contributed by atoms with Gasteiger partial charge in [0.2, 0.25) is 5.95 Å². The lowest BCUT2D eigenvalue weighted by atomic mass is 9.94. The minimum absolute atomic E-state index is 0.248. The second kappa shape index (κ2) is 12.0. The second-order valence-electron chi connectivity index (χ2n) is 9.75. The number of amides is 1. The van der Waals surface area contributed by atoms with Gasteiger partial charge in [0.05, 0.1) is 12.2 Å². The van der Waals surface area contributed by atoms with Crippen LogP contribution in [0.15, 0.2) is 115 Å². The predicted molar refractivity (Wildman–Crippen MR) is 161 cm³/mol. The summed E-state index contributed by atoms with van der Waals surface area (Å²) in [7, 11) is 0. The molecule has 3 heterocycles. The van der Waals surface area contributed by atoms with Crippen LogP contribution in [-0.2, 0) is 11.4 Å². The zero-order valence-corrected chi connectivity index (χ0v) is 23.3. The van der Waals surface area contributed by atoms with Crippen LogP contribution in [0.3, 0.4) is 0 Å². The number of hydrogen-bond donors (Lipinski definition) is 2. The number of anilines is 2. The first-order valence-electron chi connectivity index (χ1n) is 13.8. The molecule has 1 atom stereocenters. The number of carbonyl (C=O) groups excluding carboxylic acids is 1. The number of aromatic nitrogens is 4. The summed E-state index contributed by atoms with van der Waals surface area (Å²) in [4.78, 5) is 22.8. The molecule has 0 radical (unpaired) electrons. The van der Waals surface area contributed by atoms with Gasteiger partial charge in [-0.15, -0.1) is 5.10 Å². The third kappa shape index (κ3) is 5.57. The van der Waals surface area contributed by atoms with Crippen molar-refractivity contribution in [1.29, 1.82) is 0 Å². The largest absolute Gasteiger partial charge is 0.490 e. The fraction of sp³-hybridized carbons (Fsp3) is 0.152. The van der Waals surface area contributed by atoms with Crippen molar-refractivity contribution in [3.05, 3.63) is 126 Å². The van der Waals surface area contributed by atoms with Crippen molar-refractivity contribution in [1.82, 2.24) is 19.7 Å². The van der Waals surface area contributed by atoms with Crippen LogP contribution in [0.2, 0.25) is 0 Å². The number of pyridine rings is 1. The molecule has 0 aliphatic carbocycles. The molecule has 1 aliphatic heterocycles. The summed E-state index contributed by atoms with van der Waals surface area (Å²) >= 11 is 0. The lowest BCUT2D eigenvalue weighted by Gasteiger charge is -2.29. The van der Waals surface area contributed by atoms with Gasteiger partial charge in [0.25, 0.3) is 5.91 Å². The monoisotopic (exact) mass is 558 g/mol. The van der Waals surface area contributed by atoms with Crippen molar-refractivity contribution in [3.63, 3.8) is 0 Å². The highest BCUT2D eigenvalue weighted by atomic mass is 16.5. The molecule has 42 heavy (non-hydrogen) atoms. The first kappa shape index (κ1) is 26.8.